The van der Waals surface area contributed by atoms with E-state index in [0.29, 0.717) is 12.8 Å². The second kappa shape index (κ2) is 6.20. The Hall–Kier alpha value is -1.08. The first kappa shape index (κ1) is 17.3. The first-order valence-electron chi connectivity index (χ1n) is 7.15. The second-order valence-electron chi connectivity index (χ2n) is 5.94. The molecule has 0 heterocycles. The number of sulfone groups is 1. The maximum Gasteiger partial charge on any atom is 0.416 e. The standard InChI is InChI=1S/C15H20F3NO2S/c1-19(13-8-5-9-14(13)22(2,20)21)10-11-6-3-4-7-12(11)15(16,17)18/h3-4,6-7,13-14H,5,8-10H2,1-2H3/t13-,14-/m0/s1. The molecule has 22 heavy (non-hydrogen) atoms. The largest absolute Gasteiger partial charge is 0.416 e. The summed E-state index contributed by atoms with van der Waals surface area (Å²) >= 11 is 0. The Labute approximate surface area is 129 Å². The molecule has 2 atom stereocenters. The smallest absolute Gasteiger partial charge is 0.298 e. The molecule has 3 nitrogen and oxygen atoms in total. The van der Waals surface area contributed by atoms with Crippen molar-refractivity contribution in [3.8, 4) is 0 Å². The van der Waals surface area contributed by atoms with E-state index in [9.17, 15) is 21.6 Å². The summed E-state index contributed by atoms with van der Waals surface area (Å²) in [5.74, 6) is 0. The van der Waals surface area contributed by atoms with Gasteiger partial charge >= 0.3 is 6.18 Å². The molecule has 1 aliphatic carbocycles. The van der Waals surface area contributed by atoms with Gasteiger partial charge in [-0.15, -0.1) is 0 Å². The molecule has 0 amide bonds. The fourth-order valence-electron chi connectivity index (χ4n) is 3.23. The molecule has 1 aliphatic rings. The van der Waals surface area contributed by atoms with Gasteiger partial charge in [-0.3, -0.25) is 4.90 Å². The van der Waals surface area contributed by atoms with Crippen molar-refractivity contribution >= 4 is 9.84 Å². The number of benzene rings is 1. The molecule has 124 valence electrons. The van der Waals surface area contributed by atoms with Crippen LogP contribution in [-0.4, -0.2) is 37.9 Å². The van der Waals surface area contributed by atoms with Crippen molar-refractivity contribution in [1.29, 1.82) is 0 Å². The normalized spacial score (nSPS) is 23.2. The van der Waals surface area contributed by atoms with Crippen LogP contribution in [0, 0.1) is 0 Å². The van der Waals surface area contributed by atoms with E-state index < -0.39 is 26.8 Å². The van der Waals surface area contributed by atoms with Gasteiger partial charge in [0.25, 0.3) is 0 Å². The van der Waals surface area contributed by atoms with Crippen LogP contribution in [0.25, 0.3) is 0 Å². The topological polar surface area (TPSA) is 37.4 Å². The van der Waals surface area contributed by atoms with E-state index in [0.717, 1.165) is 12.5 Å². The molecule has 7 heteroatoms. The average Bonchev–Trinajstić information content (AvgIpc) is 2.87. The van der Waals surface area contributed by atoms with Gasteiger partial charge in [0.2, 0.25) is 0 Å². The molecule has 0 unspecified atom stereocenters. The summed E-state index contributed by atoms with van der Waals surface area (Å²) in [7, 11) is -1.50. The first-order chi connectivity index (χ1) is 10.1. The van der Waals surface area contributed by atoms with Crippen LogP contribution in [0.4, 0.5) is 13.2 Å². The number of hydrogen-bond donors (Lipinski definition) is 0. The number of alkyl halides is 3. The van der Waals surface area contributed by atoms with Crippen LogP contribution in [-0.2, 0) is 22.6 Å². The quantitative estimate of drug-likeness (QED) is 0.848. The third-order valence-electron chi connectivity index (χ3n) is 4.28. The molecule has 1 aromatic rings. The summed E-state index contributed by atoms with van der Waals surface area (Å²) in [6.07, 6.45) is -1.14. The van der Waals surface area contributed by atoms with Crippen LogP contribution < -0.4 is 0 Å². The fraction of sp³-hybridized carbons (Fsp3) is 0.600. The van der Waals surface area contributed by atoms with Gasteiger partial charge < -0.3 is 0 Å². The molecule has 1 saturated carbocycles. The van der Waals surface area contributed by atoms with E-state index in [1.165, 1.54) is 18.4 Å². The third kappa shape index (κ3) is 3.81. The van der Waals surface area contributed by atoms with E-state index in [1.54, 1.807) is 18.0 Å². The minimum atomic E-state index is -4.40. The summed E-state index contributed by atoms with van der Waals surface area (Å²) in [5, 5.41) is -0.490. The second-order valence-corrected chi connectivity index (χ2v) is 8.20. The van der Waals surface area contributed by atoms with Crippen LogP contribution >= 0.6 is 0 Å². The van der Waals surface area contributed by atoms with Gasteiger partial charge in [0.1, 0.15) is 0 Å². The van der Waals surface area contributed by atoms with Crippen LogP contribution in [0.3, 0.4) is 0 Å². The molecule has 0 saturated heterocycles. The lowest BCUT2D eigenvalue weighted by Crippen LogP contribution is -2.41. The van der Waals surface area contributed by atoms with E-state index in [4.69, 9.17) is 0 Å². The zero-order valence-electron chi connectivity index (χ0n) is 12.6. The van der Waals surface area contributed by atoms with Crippen LogP contribution in [0.15, 0.2) is 24.3 Å². The minimum absolute atomic E-state index is 0.0897. The van der Waals surface area contributed by atoms with Crippen LogP contribution in [0.2, 0.25) is 0 Å². The Morgan fingerprint density at radius 3 is 2.45 bits per heavy atom. The molecular formula is C15H20F3NO2S. The molecule has 0 aromatic heterocycles. The number of hydrogen-bond acceptors (Lipinski definition) is 3. The lowest BCUT2D eigenvalue weighted by atomic mass is 10.1. The SMILES string of the molecule is CN(Cc1ccccc1C(F)(F)F)[C@H]1CCC[C@@H]1S(C)(=O)=O. The molecule has 1 aromatic carbocycles. The predicted molar refractivity (Wildman–Crippen MR) is 79.2 cm³/mol. The van der Waals surface area contributed by atoms with Gasteiger partial charge in [0, 0.05) is 18.8 Å². The van der Waals surface area contributed by atoms with Crippen molar-refractivity contribution < 1.29 is 21.6 Å². The highest BCUT2D eigenvalue weighted by atomic mass is 32.2. The Kier molecular flexibility index (Phi) is 4.87. The lowest BCUT2D eigenvalue weighted by Gasteiger charge is -2.29. The van der Waals surface area contributed by atoms with Crippen molar-refractivity contribution in [3.05, 3.63) is 35.4 Å². The van der Waals surface area contributed by atoms with Gasteiger partial charge in [0.15, 0.2) is 9.84 Å². The molecule has 0 N–H and O–H groups in total. The van der Waals surface area contributed by atoms with Crippen molar-refractivity contribution in [3.63, 3.8) is 0 Å². The van der Waals surface area contributed by atoms with Crippen molar-refractivity contribution in [2.45, 2.75) is 43.3 Å². The molecule has 0 spiro atoms. The fourth-order valence-corrected chi connectivity index (χ4v) is 4.74. The third-order valence-corrected chi connectivity index (χ3v) is 5.93. The van der Waals surface area contributed by atoms with Gasteiger partial charge in [-0.25, -0.2) is 8.42 Å². The zero-order chi connectivity index (χ0) is 16.5. The lowest BCUT2D eigenvalue weighted by molar-refractivity contribution is -0.138. The molecule has 0 bridgehead atoms. The summed E-state index contributed by atoms with van der Waals surface area (Å²) in [4.78, 5) is 1.74. The monoisotopic (exact) mass is 335 g/mol. The van der Waals surface area contributed by atoms with Gasteiger partial charge in [-0.2, -0.15) is 13.2 Å². The zero-order valence-corrected chi connectivity index (χ0v) is 13.4. The molecule has 0 radical (unpaired) electrons. The highest BCUT2D eigenvalue weighted by Gasteiger charge is 2.38. The summed E-state index contributed by atoms with van der Waals surface area (Å²) < 4.78 is 62.7. The summed E-state index contributed by atoms with van der Waals surface area (Å²) in [5.41, 5.74) is -0.479. The van der Waals surface area contributed by atoms with Gasteiger partial charge in [-0.05, 0) is 31.5 Å². The summed E-state index contributed by atoms with van der Waals surface area (Å²) in [6.45, 7) is 0.0897. The maximum absolute atomic E-state index is 13.0. The van der Waals surface area contributed by atoms with E-state index >= 15 is 0 Å². The highest BCUT2D eigenvalue weighted by Crippen LogP contribution is 2.34. The molecular weight excluding hydrogens is 315 g/mol. The van der Waals surface area contributed by atoms with Crippen molar-refractivity contribution in [2.75, 3.05) is 13.3 Å². The number of nitrogens with zero attached hydrogens (tertiary/aromatic N) is 1. The van der Waals surface area contributed by atoms with E-state index in [1.807, 2.05) is 0 Å². The minimum Gasteiger partial charge on any atom is -0.298 e. The highest BCUT2D eigenvalue weighted by molar-refractivity contribution is 7.91. The maximum atomic E-state index is 13.0. The summed E-state index contributed by atoms with van der Waals surface area (Å²) in [6, 6.07) is 5.22. The molecule has 0 aliphatic heterocycles. The molecule has 2 rings (SSSR count). The molecule has 1 fully saturated rings. The Bertz CT molecular complexity index is 628. The number of halogens is 3. The number of rotatable bonds is 4. The Morgan fingerprint density at radius 1 is 1.23 bits per heavy atom. The van der Waals surface area contributed by atoms with Crippen molar-refractivity contribution in [1.82, 2.24) is 4.90 Å². The first-order valence-corrected chi connectivity index (χ1v) is 9.10. The van der Waals surface area contributed by atoms with E-state index in [-0.39, 0.29) is 18.2 Å². The van der Waals surface area contributed by atoms with E-state index in [2.05, 4.69) is 0 Å². The predicted octanol–water partition coefficient (Wildman–Crippen LogP) is 3.10. The van der Waals surface area contributed by atoms with Crippen LogP contribution in [0.1, 0.15) is 30.4 Å². The van der Waals surface area contributed by atoms with Crippen LogP contribution in [0.5, 0.6) is 0 Å². The van der Waals surface area contributed by atoms with Gasteiger partial charge in [-0.1, -0.05) is 24.6 Å². The van der Waals surface area contributed by atoms with Crippen molar-refractivity contribution in [2.24, 2.45) is 0 Å². The van der Waals surface area contributed by atoms with Gasteiger partial charge in [0.05, 0.1) is 10.8 Å². The Morgan fingerprint density at radius 2 is 1.86 bits per heavy atom. The Balaban J connectivity index is 2.21. The average molecular weight is 335 g/mol.